The van der Waals surface area contributed by atoms with Crippen LogP contribution in [0.1, 0.15) is 43.4 Å². The van der Waals surface area contributed by atoms with E-state index < -0.39 is 28.5 Å². The van der Waals surface area contributed by atoms with E-state index in [4.69, 9.17) is 23.2 Å². The van der Waals surface area contributed by atoms with Crippen LogP contribution in [0.15, 0.2) is 36.4 Å². The van der Waals surface area contributed by atoms with Gasteiger partial charge in [0.1, 0.15) is 12.6 Å². The fourth-order valence-electron chi connectivity index (χ4n) is 3.61. The van der Waals surface area contributed by atoms with E-state index in [2.05, 4.69) is 5.32 Å². The monoisotopic (exact) mass is 541 g/mol. The standard InChI is InChI=1S/C25H33Cl2N3O4S/c1-6-12-28-25(32)23(7-2)29(15-19-9-10-20(26)14-22(19)27)24(31)16-30(35(5,33)34)21-11-8-17(3)18(4)13-21/h8-11,13-14,23H,6-7,12,15-16H2,1-5H3,(H,28,32). The largest absolute Gasteiger partial charge is 0.354 e. The van der Waals surface area contributed by atoms with Crippen molar-refractivity contribution < 1.29 is 18.0 Å². The van der Waals surface area contributed by atoms with Gasteiger partial charge < -0.3 is 10.2 Å². The Hall–Kier alpha value is -2.29. The predicted octanol–water partition coefficient (Wildman–Crippen LogP) is 4.71. The molecule has 35 heavy (non-hydrogen) atoms. The van der Waals surface area contributed by atoms with E-state index in [0.717, 1.165) is 28.1 Å². The zero-order valence-corrected chi connectivity index (χ0v) is 23.1. The van der Waals surface area contributed by atoms with Crippen LogP contribution in [0.3, 0.4) is 0 Å². The maximum absolute atomic E-state index is 13.7. The molecule has 0 bridgehead atoms. The highest BCUT2D eigenvalue weighted by Gasteiger charge is 2.32. The molecule has 7 nitrogen and oxygen atoms in total. The van der Waals surface area contributed by atoms with Gasteiger partial charge in [-0.2, -0.15) is 0 Å². The van der Waals surface area contributed by atoms with Gasteiger partial charge in [-0.15, -0.1) is 0 Å². The first kappa shape index (κ1) is 28.9. The number of aryl methyl sites for hydroxylation is 2. The second-order valence-electron chi connectivity index (χ2n) is 8.51. The number of halogens is 2. The summed E-state index contributed by atoms with van der Waals surface area (Å²) in [7, 11) is -3.79. The van der Waals surface area contributed by atoms with Crippen LogP contribution < -0.4 is 9.62 Å². The molecule has 10 heteroatoms. The summed E-state index contributed by atoms with van der Waals surface area (Å²) in [5, 5.41) is 3.64. The first-order valence-corrected chi connectivity index (χ1v) is 14.1. The molecular formula is C25H33Cl2N3O4S. The van der Waals surface area contributed by atoms with Crippen LogP contribution in [0.2, 0.25) is 10.0 Å². The number of carbonyl (C=O) groups is 2. The lowest BCUT2D eigenvalue weighted by Gasteiger charge is -2.33. The molecule has 0 saturated carbocycles. The van der Waals surface area contributed by atoms with Gasteiger partial charge in [0.15, 0.2) is 0 Å². The highest BCUT2D eigenvalue weighted by molar-refractivity contribution is 7.92. The van der Waals surface area contributed by atoms with Crippen molar-refractivity contribution in [2.75, 3.05) is 23.7 Å². The molecule has 0 radical (unpaired) electrons. The van der Waals surface area contributed by atoms with Gasteiger partial charge in [-0.05, 0) is 67.6 Å². The molecule has 2 aromatic carbocycles. The molecule has 0 aromatic heterocycles. The van der Waals surface area contributed by atoms with Gasteiger partial charge in [0.2, 0.25) is 21.8 Å². The first-order valence-electron chi connectivity index (χ1n) is 11.4. The van der Waals surface area contributed by atoms with E-state index >= 15 is 0 Å². The Morgan fingerprint density at radius 1 is 1.03 bits per heavy atom. The molecule has 0 spiro atoms. The van der Waals surface area contributed by atoms with Crippen LogP contribution in [0.4, 0.5) is 5.69 Å². The van der Waals surface area contributed by atoms with Gasteiger partial charge >= 0.3 is 0 Å². The Morgan fingerprint density at radius 3 is 2.26 bits per heavy atom. The van der Waals surface area contributed by atoms with Crippen molar-refractivity contribution in [2.45, 2.75) is 53.1 Å². The van der Waals surface area contributed by atoms with E-state index in [1.807, 2.05) is 26.8 Å². The van der Waals surface area contributed by atoms with Gasteiger partial charge in [-0.1, -0.05) is 49.2 Å². The lowest BCUT2D eigenvalue weighted by atomic mass is 10.1. The Bertz CT molecular complexity index is 1170. The number of nitrogens with zero attached hydrogens (tertiary/aromatic N) is 2. The zero-order valence-electron chi connectivity index (χ0n) is 20.8. The molecule has 0 aliphatic rings. The fourth-order valence-corrected chi connectivity index (χ4v) is 4.92. The molecule has 2 rings (SSSR count). The smallest absolute Gasteiger partial charge is 0.244 e. The average molecular weight is 543 g/mol. The van der Waals surface area contributed by atoms with Gasteiger partial charge in [0.25, 0.3) is 0 Å². The number of benzene rings is 2. The Kier molecular flexibility index (Phi) is 10.4. The summed E-state index contributed by atoms with van der Waals surface area (Å²) < 4.78 is 26.4. The predicted molar refractivity (Wildman–Crippen MR) is 142 cm³/mol. The molecular weight excluding hydrogens is 509 g/mol. The van der Waals surface area contributed by atoms with E-state index in [-0.39, 0.29) is 12.5 Å². The summed E-state index contributed by atoms with van der Waals surface area (Å²) in [6, 6.07) is 9.32. The quantitative estimate of drug-likeness (QED) is 0.446. The van der Waals surface area contributed by atoms with Gasteiger partial charge in [-0.3, -0.25) is 13.9 Å². The summed E-state index contributed by atoms with van der Waals surface area (Å²) in [4.78, 5) is 28.0. The Labute approximate surface area is 218 Å². The van der Waals surface area contributed by atoms with Gasteiger partial charge in [0, 0.05) is 23.1 Å². The number of sulfonamides is 1. The minimum absolute atomic E-state index is 0.0252. The van der Waals surface area contributed by atoms with E-state index in [1.54, 1.807) is 37.3 Å². The number of nitrogens with one attached hydrogen (secondary N) is 1. The Balaban J connectivity index is 2.48. The third kappa shape index (κ3) is 7.85. The van der Waals surface area contributed by atoms with E-state index in [9.17, 15) is 18.0 Å². The minimum atomic E-state index is -3.79. The van der Waals surface area contributed by atoms with Gasteiger partial charge in [0.05, 0.1) is 11.9 Å². The number of carbonyl (C=O) groups excluding carboxylic acids is 2. The second-order valence-corrected chi connectivity index (χ2v) is 11.3. The fraction of sp³-hybridized carbons (Fsp3) is 0.440. The summed E-state index contributed by atoms with van der Waals surface area (Å²) in [5.41, 5.74) is 2.89. The maximum Gasteiger partial charge on any atom is 0.244 e. The lowest BCUT2D eigenvalue weighted by molar-refractivity contribution is -0.140. The van der Waals surface area contributed by atoms with Crippen molar-refractivity contribution in [3.63, 3.8) is 0 Å². The lowest BCUT2D eigenvalue weighted by Crippen LogP contribution is -2.52. The summed E-state index contributed by atoms with van der Waals surface area (Å²) in [6.45, 7) is 7.58. The zero-order chi connectivity index (χ0) is 26.3. The third-order valence-electron chi connectivity index (χ3n) is 5.75. The molecule has 1 N–H and O–H groups in total. The van der Waals surface area contributed by atoms with Crippen molar-refractivity contribution in [3.8, 4) is 0 Å². The summed E-state index contributed by atoms with van der Waals surface area (Å²) in [5.74, 6) is -0.817. The number of hydrogen-bond donors (Lipinski definition) is 1. The minimum Gasteiger partial charge on any atom is -0.354 e. The first-order chi connectivity index (χ1) is 16.4. The third-order valence-corrected chi connectivity index (χ3v) is 7.48. The van der Waals surface area contributed by atoms with Crippen LogP contribution in [0, 0.1) is 13.8 Å². The number of amides is 2. The molecule has 192 valence electrons. The van der Waals surface area contributed by atoms with Crippen molar-refractivity contribution in [1.29, 1.82) is 0 Å². The normalized spacial score (nSPS) is 12.2. The summed E-state index contributed by atoms with van der Waals surface area (Å²) >= 11 is 12.4. The van der Waals surface area contributed by atoms with E-state index in [0.29, 0.717) is 34.3 Å². The number of anilines is 1. The molecule has 2 amide bonds. The van der Waals surface area contributed by atoms with Crippen molar-refractivity contribution in [3.05, 3.63) is 63.1 Å². The Morgan fingerprint density at radius 2 is 1.71 bits per heavy atom. The van der Waals surface area contributed by atoms with Crippen LogP contribution in [0.25, 0.3) is 0 Å². The highest BCUT2D eigenvalue weighted by Crippen LogP contribution is 2.25. The molecule has 0 saturated heterocycles. The number of rotatable bonds is 11. The number of hydrogen-bond acceptors (Lipinski definition) is 4. The van der Waals surface area contributed by atoms with Crippen molar-refractivity contribution in [2.24, 2.45) is 0 Å². The maximum atomic E-state index is 13.7. The molecule has 0 aliphatic carbocycles. The van der Waals surface area contributed by atoms with Crippen LogP contribution in [-0.2, 0) is 26.2 Å². The van der Waals surface area contributed by atoms with E-state index in [1.165, 1.54) is 4.90 Å². The van der Waals surface area contributed by atoms with Crippen LogP contribution in [-0.4, -0.2) is 50.5 Å². The molecule has 0 fully saturated rings. The average Bonchev–Trinajstić information content (AvgIpc) is 2.78. The highest BCUT2D eigenvalue weighted by atomic mass is 35.5. The van der Waals surface area contributed by atoms with Gasteiger partial charge in [-0.25, -0.2) is 8.42 Å². The van der Waals surface area contributed by atoms with Crippen LogP contribution >= 0.6 is 23.2 Å². The molecule has 0 heterocycles. The SMILES string of the molecule is CCCNC(=O)C(CC)N(Cc1ccc(Cl)cc1Cl)C(=O)CN(c1ccc(C)c(C)c1)S(C)(=O)=O. The molecule has 1 unspecified atom stereocenters. The van der Waals surface area contributed by atoms with Crippen molar-refractivity contribution in [1.82, 2.24) is 10.2 Å². The second kappa shape index (κ2) is 12.6. The topological polar surface area (TPSA) is 86.8 Å². The van der Waals surface area contributed by atoms with Crippen LogP contribution in [0.5, 0.6) is 0 Å². The summed E-state index contributed by atoms with van der Waals surface area (Å²) in [6.07, 6.45) is 2.14. The molecule has 0 aliphatic heterocycles. The van der Waals surface area contributed by atoms with Crippen molar-refractivity contribution >= 4 is 50.7 Å². The molecule has 1 atom stereocenters. The molecule has 2 aromatic rings.